The number of carboxylic acid groups (broad SMARTS) is 1. The summed E-state index contributed by atoms with van der Waals surface area (Å²) in [4.78, 5) is 30.7. The van der Waals surface area contributed by atoms with E-state index in [1.165, 1.54) is 18.2 Å². The molecule has 1 aromatic heterocycles. The fourth-order valence-corrected chi connectivity index (χ4v) is 3.66. The molecule has 0 fully saturated rings. The maximum atomic E-state index is 13.5. The molecule has 6 nitrogen and oxygen atoms in total. The van der Waals surface area contributed by atoms with E-state index >= 15 is 0 Å². The fraction of sp³-hybridized carbons (Fsp3) is 0.0800. The Hall–Kier alpha value is -3.97. The fourth-order valence-electron chi connectivity index (χ4n) is 3.47. The average Bonchev–Trinajstić information content (AvgIpc) is 2.77. The summed E-state index contributed by atoms with van der Waals surface area (Å²) < 4.78 is 13.5. The SMILES string of the molecule is O=C(O)/C=C/c1ccc2c(=O)[nH]c(Cc3cc(Cl)ccc3NCc3cccc(F)c3)nc2c1. The standard InChI is InChI=1S/C25H19ClFN3O3/c26-18-6-8-21(28-14-16-2-1-3-19(27)10-16)17(12-18)13-23-29-22-11-15(5-9-24(31)32)4-7-20(22)25(33)30-23/h1-12,28H,13-14H2,(H,31,32)(H,29,30,33)/b9-5+. The van der Waals surface area contributed by atoms with Crippen LogP contribution in [0.4, 0.5) is 10.1 Å². The number of benzene rings is 3. The first kappa shape index (κ1) is 22.2. The Kier molecular flexibility index (Phi) is 6.51. The van der Waals surface area contributed by atoms with E-state index in [1.807, 2.05) is 12.1 Å². The summed E-state index contributed by atoms with van der Waals surface area (Å²) in [5.74, 6) is -0.932. The molecule has 0 radical (unpaired) electrons. The van der Waals surface area contributed by atoms with E-state index in [0.29, 0.717) is 40.3 Å². The van der Waals surface area contributed by atoms with E-state index in [1.54, 1.807) is 36.4 Å². The Morgan fingerprint density at radius 3 is 2.79 bits per heavy atom. The first-order valence-electron chi connectivity index (χ1n) is 10.1. The molecule has 3 aromatic carbocycles. The minimum absolute atomic E-state index is 0.292. The second-order valence-electron chi connectivity index (χ2n) is 7.42. The van der Waals surface area contributed by atoms with Crippen molar-refractivity contribution < 1.29 is 14.3 Å². The summed E-state index contributed by atoms with van der Waals surface area (Å²) in [5.41, 5.74) is 3.16. The van der Waals surface area contributed by atoms with Crippen LogP contribution in [0.1, 0.15) is 22.5 Å². The number of H-pyrrole nitrogens is 1. The normalized spacial score (nSPS) is 11.2. The predicted molar refractivity (Wildman–Crippen MR) is 127 cm³/mol. The lowest BCUT2D eigenvalue weighted by Crippen LogP contribution is -2.13. The maximum absolute atomic E-state index is 13.5. The van der Waals surface area contributed by atoms with Crippen LogP contribution in [0.15, 0.2) is 71.5 Å². The lowest BCUT2D eigenvalue weighted by atomic mass is 10.1. The van der Waals surface area contributed by atoms with E-state index in [-0.39, 0.29) is 11.4 Å². The molecule has 33 heavy (non-hydrogen) atoms. The number of anilines is 1. The lowest BCUT2D eigenvalue weighted by molar-refractivity contribution is -0.131. The zero-order valence-electron chi connectivity index (χ0n) is 17.3. The van der Waals surface area contributed by atoms with Gasteiger partial charge in [0.2, 0.25) is 0 Å². The average molecular weight is 464 g/mol. The van der Waals surface area contributed by atoms with Crippen molar-refractivity contribution in [2.45, 2.75) is 13.0 Å². The van der Waals surface area contributed by atoms with Crippen molar-refractivity contribution in [3.05, 3.63) is 110 Å². The predicted octanol–water partition coefficient (Wildman–Crippen LogP) is 5.02. The zero-order valence-corrected chi connectivity index (χ0v) is 18.1. The summed E-state index contributed by atoms with van der Waals surface area (Å²) in [7, 11) is 0. The van der Waals surface area contributed by atoms with Crippen molar-refractivity contribution in [3.8, 4) is 0 Å². The number of nitrogens with zero attached hydrogens (tertiary/aromatic N) is 1. The van der Waals surface area contributed by atoms with Gasteiger partial charge in [-0.3, -0.25) is 4.79 Å². The summed E-state index contributed by atoms with van der Waals surface area (Å²) in [6.45, 7) is 0.410. The third-order valence-corrected chi connectivity index (χ3v) is 5.23. The number of nitrogens with one attached hydrogen (secondary N) is 2. The molecule has 3 N–H and O–H groups in total. The molecule has 166 valence electrons. The van der Waals surface area contributed by atoms with Gasteiger partial charge >= 0.3 is 5.97 Å². The Balaban J connectivity index is 1.63. The first-order chi connectivity index (χ1) is 15.9. The van der Waals surface area contributed by atoms with E-state index in [2.05, 4.69) is 15.3 Å². The Morgan fingerprint density at radius 2 is 2.00 bits per heavy atom. The number of halogens is 2. The van der Waals surface area contributed by atoms with Crippen LogP contribution in [0.2, 0.25) is 5.02 Å². The second kappa shape index (κ2) is 9.67. The van der Waals surface area contributed by atoms with Gasteiger partial charge in [-0.25, -0.2) is 14.2 Å². The van der Waals surface area contributed by atoms with Crippen LogP contribution in [0.25, 0.3) is 17.0 Å². The number of aromatic nitrogens is 2. The van der Waals surface area contributed by atoms with Gasteiger partial charge in [-0.2, -0.15) is 0 Å². The molecule has 0 saturated carbocycles. The Bertz CT molecular complexity index is 1430. The van der Waals surface area contributed by atoms with Crippen LogP contribution >= 0.6 is 11.6 Å². The number of hydrogen-bond donors (Lipinski definition) is 3. The number of aromatic amines is 1. The molecule has 4 rings (SSSR count). The number of fused-ring (bicyclic) bond motifs is 1. The molecule has 0 unspecified atom stereocenters. The molecular weight excluding hydrogens is 445 g/mol. The van der Waals surface area contributed by atoms with Crippen LogP contribution in [-0.2, 0) is 17.8 Å². The molecule has 0 saturated heterocycles. The summed E-state index contributed by atoms with van der Waals surface area (Å²) in [5, 5.41) is 13.0. The lowest BCUT2D eigenvalue weighted by Gasteiger charge is -2.13. The highest BCUT2D eigenvalue weighted by atomic mass is 35.5. The van der Waals surface area contributed by atoms with Crippen molar-refractivity contribution in [1.82, 2.24) is 9.97 Å². The summed E-state index contributed by atoms with van der Waals surface area (Å²) >= 11 is 6.20. The number of hydrogen-bond acceptors (Lipinski definition) is 4. The molecule has 0 amide bonds. The van der Waals surface area contributed by atoms with Crippen LogP contribution in [0, 0.1) is 5.82 Å². The van der Waals surface area contributed by atoms with Gasteiger partial charge in [0.1, 0.15) is 11.6 Å². The third kappa shape index (κ3) is 5.64. The Morgan fingerprint density at radius 1 is 1.15 bits per heavy atom. The molecule has 4 aromatic rings. The molecule has 0 atom stereocenters. The number of aliphatic carboxylic acids is 1. The number of carboxylic acids is 1. The summed E-state index contributed by atoms with van der Waals surface area (Å²) in [6, 6.07) is 16.6. The van der Waals surface area contributed by atoms with Crippen molar-refractivity contribution in [2.24, 2.45) is 0 Å². The highest BCUT2D eigenvalue weighted by Crippen LogP contribution is 2.24. The highest BCUT2D eigenvalue weighted by molar-refractivity contribution is 6.30. The van der Waals surface area contributed by atoms with Gasteiger partial charge in [0, 0.05) is 29.8 Å². The number of carbonyl (C=O) groups is 1. The zero-order chi connectivity index (χ0) is 23.4. The van der Waals surface area contributed by atoms with E-state index < -0.39 is 5.97 Å². The minimum Gasteiger partial charge on any atom is -0.478 e. The van der Waals surface area contributed by atoms with Gasteiger partial charge in [0.15, 0.2) is 0 Å². The molecule has 0 aliphatic rings. The maximum Gasteiger partial charge on any atom is 0.328 e. The Labute approximate surface area is 193 Å². The van der Waals surface area contributed by atoms with Crippen molar-refractivity contribution in [3.63, 3.8) is 0 Å². The first-order valence-corrected chi connectivity index (χ1v) is 10.5. The third-order valence-electron chi connectivity index (χ3n) is 5.00. The van der Waals surface area contributed by atoms with Gasteiger partial charge < -0.3 is 15.4 Å². The van der Waals surface area contributed by atoms with Crippen LogP contribution < -0.4 is 10.9 Å². The molecule has 0 aliphatic carbocycles. The van der Waals surface area contributed by atoms with Gasteiger partial charge in [0.25, 0.3) is 5.56 Å². The van der Waals surface area contributed by atoms with Crippen LogP contribution in [-0.4, -0.2) is 21.0 Å². The van der Waals surface area contributed by atoms with Crippen molar-refractivity contribution >= 4 is 40.2 Å². The van der Waals surface area contributed by atoms with Gasteiger partial charge in [-0.05, 0) is 65.2 Å². The molecule has 8 heteroatoms. The molecule has 0 aliphatic heterocycles. The second-order valence-corrected chi connectivity index (χ2v) is 7.86. The highest BCUT2D eigenvalue weighted by Gasteiger charge is 2.10. The minimum atomic E-state index is -1.06. The summed E-state index contributed by atoms with van der Waals surface area (Å²) in [6.07, 6.45) is 2.76. The molecular formula is C25H19ClFN3O3. The van der Waals surface area contributed by atoms with Crippen molar-refractivity contribution in [1.29, 1.82) is 0 Å². The van der Waals surface area contributed by atoms with E-state index in [9.17, 15) is 14.0 Å². The topological polar surface area (TPSA) is 95.1 Å². The van der Waals surface area contributed by atoms with Gasteiger partial charge in [-0.1, -0.05) is 29.8 Å². The smallest absolute Gasteiger partial charge is 0.328 e. The van der Waals surface area contributed by atoms with Gasteiger partial charge in [-0.15, -0.1) is 0 Å². The van der Waals surface area contributed by atoms with E-state index in [4.69, 9.17) is 16.7 Å². The van der Waals surface area contributed by atoms with Crippen LogP contribution in [0.5, 0.6) is 0 Å². The van der Waals surface area contributed by atoms with Gasteiger partial charge in [0.05, 0.1) is 10.9 Å². The molecule has 0 spiro atoms. The molecule has 1 heterocycles. The van der Waals surface area contributed by atoms with Crippen LogP contribution in [0.3, 0.4) is 0 Å². The monoisotopic (exact) mass is 463 g/mol. The largest absolute Gasteiger partial charge is 0.478 e. The molecule has 0 bridgehead atoms. The van der Waals surface area contributed by atoms with Crippen molar-refractivity contribution in [2.75, 3.05) is 5.32 Å². The quantitative estimate of drug-likeness (QED) is 0.335. The van der Waals surface area contributed by atoms with E-state index in [0.717, 1.165) is 22.9 Å². The number of rotatable bonds is 7.